The summed E-state index contributed by atoms with van der Waals surface area (Å²) >= 11 is 6.07. The Morgan fingerprint density at radius 1 is 1.53 bits per heavy atom. The Kier molecular flexibility index (Phi) is 2.79. The summed E-state index contributed by atoms with van der Waals surface area (Å²) in [7, 11) is 1.84. The summed E-state index contributed by atoms with van der Waals surface area (Å²) in [5.41, 5.74) is 6.25. The van der Waals surface area contributed by atoms with E-state index in [0.29, 0.717) is 24.1 Å². The number of nitrogens with zero attached hydrogens (tertiary/aromatic N) is 2. The van der Waals surface area contributed by atoms with E-state index in [-0.39, 0.29) is 0 Å². The molecule has 1 aromatic carbocycles. The molecule has 2 rings (SSSR count). The Balaban J connectivity index is 2.53. The second kappa shape index (κ2) is 4.08. The van der Waals surface area contributed by atoms with Crippen LogP contribution >= 0.6 is 11.6 Å². The summed E-state index contributed by atoms with van der Waals surface area (Å²) in [5.74, 6) is 0.584. The number of aryl methyl sites for hydroxylation is 1. The van der Waals surface area contributed by atoms with Crippen molar-refractivity contribution in [2.75, 3.05) is 13.2 Å². The van der Waals surface area contributed by atoms with Crippen LogP contribution in [0.5, 0.6) is 5.88 Å². The van der Waals surface area contributed by atoms with E-state index < -0.39 is 0 Å². The molecule has 5 heteroatoms. The van der Waals surface area contributed by atoms with Crippen molar-refractivity contribution >= 4 is 22.5 Å². The average molecular weight is 226 g/mol. The standard InChI is InChI=1S/C10H12ClN3O/c1-14-9-7(3-2-4-8(9)11)10(13-14)15-6-5-12/h2-4H,5-6,12H2,1H3. The SMILES string of the molecule is Cn1nc(OCCN)c2cccc(Cl)c21. The molecule has 4 nitrogen and oxygen atoms in total. The fourth-order valence-corrected chi connectivity index (χ4v) is 1.82. The van der Waals surface area contributed by atoms with Gasteiger partial charge in [-0.05, 0) is 12.1 Å². The van der Waals surface area contributed by atoms with Crippen LogP contribution in [0.25, 0.3) is 10.9 Å². The zero-order valence-electron chi connectivity index (χ0n) is 8.40. The van der Waals surface area contributed by atoms with Crippen molar-refractivity contribution in [3.8, 4) is 5.88 Å². The highest BCUT2D eigenvalue weighted by atomic mass is 35.5. The van der Waals surface area contributed by atoms with Gasteiger partial charge in [-0.2, -0.15) is 0 Å². The number of rotatable bonds is 3. The normalized spacial score (nSPS) is 10.9. The van der Waals surface area contributed by atoms with Crippen molar-refractivity contribution in [2.24, 2.45) is 12.8 Å². The minimum atomic E-state index is 0.457. The van der Waals surface area contributed by atoms with Gasteiger partial charge in [0.2, 0.25) is 5.88 Å². The van der Waals surface area contributed by atoms with E-state index >= 15 is 0 Å². The molecule has 0 unspecified atom stereocenters. The van der Waals surface area contributed by atoms with E-state index in [1.165, 1.54) is 0 Å². The fraction of sp³-hybridized carbons (Fsp3) is 0.300. The van der Waals surface area contributed by atoms with Crippen LogP contribution in [-0.4, -0.2) is 22.9 Å². The Morgan fingerprint density at radius 2 is 2.33 bits per heavy atom. The second-order valence-electron chi connectivity index (χ2n) is 3.20. The molecule has 0 spiro atoms. The minimum absolute atomic E-state index is 0.457. The molecule has 80 valence electrons. The molecule has 1 aromatic heterocycles. The van der Waals surface area contributed by atoms with Gasteiger partial charge in [0.1, 0.15) is 6.61 Å². The van der Waals surface area contributed by atoms with Crippen LogP contribution in [0.3, 0.4) is 0 Å². The third-order valence-electron chi connectivity index (χ3n) is 2.14. The Morgan fingerprint density at radius 3 is 3.07 bits per heavy atom. The van der Waals surface area contributed by atoms with Crippen LogP contribution in [0.4, 0.5) is 0 Å². The Hall–Kier alpha value is -1.26. The Labute approximate surface area is 92.6 Å². The number of hydrogen-bond donors (Lipinski definition) is 1. The molecular weight excluding hydrogens is 214 g/mol. The average Bonchev–Trinajstić information content (AvgIpc) is 2.54. The van der Waals surface area contributed by atoms with Gasteiger partial charge in [-0.1, -0.05) is 17.7 Å². The molecule has 1 heterocycles. The van der Waals surface area contributed by atoms with Crippen molar-refractivity contribution < 1.29 is 4.74 Å². The van der Waals surface area contributed by atoms with Crippen molar-refractivity contribution in [1.29, 1.82) is 0 Å². The van der Waals surface area contributed by atoms with Crippen LogP contribution in [0.15, 0.2) is 18.2 Å². The molecule has 0 fully saturated rings. The quantitative estimate of drug-likeness (QED) is 0.863. The number of ether oxygens (including phenoxy) is 1. The highest BCUT2D eigenvalue weighted by molar-refractivity contribution is 6.35. The predicted molar refractivity (Wildman–Crippen MR) is 60.3 cm³/mol. The first-order valence-corrected chi connectivity index (χ1v) is 5.06. The van der Waals surface area contributed by atoms with Crippen LogP contribution < -0.4 is 10.5 Å². The number of para-hydroxylation sites is 1. The van der Waals surface area contributed by atoms with Gasteiger partial charge in [0.25, 0.3) is 0 Å². The third kappa shape index (κ3) is 1.78. The highest BCUT2D eigenvalue weighted by Crippen LogP contribution is 2.29. The van der Waals surface area contributed by atoms with E-state index in [1.54, 1.807) is 4.68 Å². The van der Waals surface area contributed by atoms with Crippen molar-refractivity contribution in [1.82, 2.24) is 9.78 Å². The molecule has 0 saturated carbocycles. The smallest absolute Gasteiger partial charge is 0.240 e. The number of hydrogen-bond acceptors (Lipinski definition) is 3. The molecule has 0 saturated heterocycles. The molecule has 0 bridgehead atoms. The topological polar surface area (TPSA) is 53.1 Å². The number of benzene rings is 1. The summed E-state index contributed by atoms with van der Waals surface area (Å²) in [6.45, 7) is 0.928. The second-order valence-corrected chi connectivity index (χ2v) is 3.61. The van der Waals surface area contributed by atoms with E-state index in [9.17, 15) is 0 Å². The molecule has 0 aliphatic heterocycles. The lowest BCUT2D eigenvalue weighted by atomic mass is 10.2. The van der Waals surface area contributed by atoms with E-state index in [2.05, 4.69) is 5.10 Å². The van der Waals surface area contributed by atoms with Crippen molar-refractivity contribution in [3.05, 3.63) is 23.2 Å². The van der Waals surface area contributed by atoms with Gasteiger partial charge in [0, 0.05) is 13.6 Å². The van der Waals surface area contributed by atoms with Gasteiger partial charge < -0.3 is 10.5 Å². The van der Waals surface area contributed by atoms with Gasteiger partial charge in [-0.15, -0.1) is 5.10 Å². The molecule has 0 radical (unpaired) electrons. The van der Waals surface area contributed by atoms with Gasteiger partial charge in [-0.25, -0.2) is 0 Å². The number of aromatic nitrogens is 2. The summed E-state index contributed by atoms with van der Waals surface area (Å²) < 4.78 is 7.14. The summed E-state index contributed by atoms with van der Waals surface area (Å²) in [6, 6.07) is 5.64. The maximum atomic E-state index is 6.07. The van der Waals surface area contributed by atoms with Crippen LogP contribution in [0.2, 0.25) is 5.02 Å². The van der Waals surface area contributed by atoms with Gasteiger partial charge in [0.15, 0.2) is 0 Å². The predicted octanol–water partition coefficient (Wildman–Crippen LogP) is 1.56. The van der Waals surface area contributed by atoms with Crippen LogP contribution in [-0.2, 0) is 7.05 Å². The van der Waals surface area contributed by atoms with E-state index in [1.807, 2.05) is 25.2 Å². The lowest BCUT2D eigenvalue weighted by molar-refractivity contribution is 0.315. The first-order chi connectivity index (χ1) is 7.24. The lowest BCUT2D eigenvalue weighted by Crippen LogP contribution is -2.11. The molecule has 0 amide bonds. The van der Waals surface area contributed by atoms with Gasteiger partial charge in [0.05, 0.1) is 15.9 Å². The molecular formula is C10H12ClN3O. The lowest BCUT2D eigenvalue weighted by Gasteiger charge is -1.99. The fourth-order valence-electron chi connectivity index (χ4n) is 1.52. The van der Waals surface area contributed by atoms with Crippen molar-refractivity contribution in [3.63, 3.8) is 0 Å². The largest absolute Gasteiger partial charge is 0.475 e. The maximum Gasteiger partial charge on any atom is 0.240 e. The first kappa shape index (κ1) is 10.3. The Bertz CT molecular complexity index is 481. The minimum Gasteiger partial charge on any atom is -0.475 e. The number of nitrogens with two attached hydrogens (primary N) is 1. The highest BCUT2D eigenvalue weighted by Gasteiger charge is 2.11. The summed E-state index contributed by atoms with van der Waals surface area (Å²) in [6.07, 6.45) is 0. The molecule has 0 atom stereocenters. The zero-order chi connectivity index (χ0) is 10.8. The van der Waals surface area contributed by atoms with Gasteiger partial charge >= 0.3 is 0 Å². The molecule has 2 N–H and O–H groups in total. The molecule has 0 aliphatic rings. The van der Waals surface area contributed by atoms with Crippen LogP contribution in [0, 0.1) is 0 Å². The number of fused-ring (bicyclic) bond motifs is 1. The molecule has 15 heavy (non-hydrogen) atoms. The molecule has 2 aromatic rings. The van der Waals surface area contributed by atoms with E-state index in [0.717, 1.165) is 10.9 Å². The molecule has 0 aliphatic carbocycles. The van der Waals surface area contributed by atoms with Crippen LogP contribution in [0.1, 0.15) is 0 Å². The van der Waals surface area contributed by atoms with Crippen molar-refractivity contribution in [2.45, 2.75) is 0 Å². The zero-order valence-corrected chi connectivity index (χ0v) is 9.16. The van der Waals surface area contributed by atoms with E-state index in [4.69, 9.17) is 22.1 Å². The summed E-state index contributed by atoms with van der Waals surface area (Å²) in [5, 5.41) is 5.83. The third-order valence-corrected chi connectivity index (χ3v) is 2.44. The summed E-state index contributed by atoms with van der Waals surface area (Å²) in [4.78, 5) is 0. The monoisotopic (exact) mass is 225 g/mol. The maximum absolute atomic E-state index is 6.07. The van der Waals surface area contributed by atoms with Gasteiger partial charge in [-0.3, -0.25) is 4.68 Å². The first-order valence-electron chi connectivity index (χ1n) is 4.68. The number of halogens is 1.